The highest BCUT2D eigenvalue weighted by molar-refractivity contribution is 5.94. The fraction of sp³-hybridized carbons (Fsp3) is 0.500. The van der Waals surface area contributed by atoms with Crippen LogP contribution in [0, 0.1) is 0 Å². The van der Waals surface area contributed by atoms with Crippen molar-refractivity contribution < 1.29 is 9.59 Å². The molecule has 1 rings (SSSR count). The summed E-state index contributed by atoms with van der Waals surface area (Å²) in [6.45, 7) is 1.44. The normalized spacial score (nSPS) is 10.0. The average Bonchev–Trinajstić information content (AvgIpc) is 2.68. The predicted octanol–water partition coefficient (Wildman–Crippen LogP) is -1.55. The van der Waals surface area contributed by atoms with Crippen LogP contribution in [-0.4, -0.2) is 40.0 Å². The van der Waals surface area contributed by atoms with Crippen molar-refractivity contribution in [2.24, 2.45) is 5.73 Å². The highest BCUT2D eigenvalue weighted by Gasteiger charge is 2.02. The fourth-order valence-corrected chi connectivity index (χ4v) is 1.10. The van der Waals surface area contributed by atoms with E-state index >= 15 is 0 Å². The van der Waals surface area contributed by atoms with Gasteiger partial charge >= 0.3 is 6.03 Å². The van der Waals surface area contributed by atoms with Crippen LogP contribution in [0.3, 0.4) is 0 Å². The molecule has 88 valence electrons. The van der Waals surface area contributed by atoms with Gasteiger partial charge in [-0.15, -0.1) is 5.10 Å². The molecule has 0 aliphatic rings. The third kappa shape index (κ3) is 5.05. The summed E-state index contributed by atoms with van der Waals surface area (Å²) in [6, 6.07) is -0.839. The number of aryl methyl sites for hydroxylation is 1. The van der Waals surface area contributed by atoms with Gasteiger partial charge in [0.15, 0.2) is 0 Å². The number of rotatable bonds is 6. The van der Waals surface area contributed by atoms with Crippen molar-refractivity contribution in [2.45, 2.75) is 13.0 Å². The minimum absolute atomic E-state index is 0.0697. The number of primary amides is 1. The van der Waals surface area contributed by atoms with Crippen LogP contribution in [0.25, 0.3) is 0 Å². The number of hydrogen-bond acceptors (Lipinski definition) is 5. The van der Waals surface area contributed by atoms with Gasteiger partial charge in [0, 0.05) is 12.7 Å². The van der Waals surface area contributed by atoms with Crippen molar-refractivity contribution >= 4 is 11.9 Å². The summed E-state index contributed by atoms with van der Waals surface area (Å²) in [4.78, 5) is 21.2. The Balaban J connectivity index is 2.00. The van der Waals surface area contributed by atoms with Crippen LogP contribution in [0.5, 0.6) is 0 Å². The quantitative estimate of drug-likeness (QED) is 0.508. The lowest BCUT2D eigenvalue weighted by molar-refractivity contribution is -0.119. The molecule has 0 radical (unpaired) electrons. The van der Waals surface area contributed by atoms with Gasteiger partial charge in [-0.05, 0) is 13.0 Å². The summed E-state index contributed by atoms with van der Waals surface area (Å²) in [5.41, 5.74) is 4.77. The number of carbonyl (C=O) groups is 2. The topological polar surface area (TPSA) is 115 Å². The first-order chi connectivity index (χ1) is 7.68. The zero-order valence-corrected chi connectivity index (χ0v) is 8.72. The van der Waals surface area contributed by atoms with Crippen molar-refractivity contribution in [1.29, 1.82) is 0 Å². The Hall–Kier alpha value is -1.96. The second-order valence-corrected chi connectivity index (χ2v) is 3.11. The van der Waals surface area contributed by atoms with E-state index in [-0.39, 0.29) is 6.54 Å². The molecule has 0 aromatic carbocycles. The molecule has 0 atom stereocenters. The molecular weight excluding hydrogens is 212 g/mol. The molecule has 1 aromatic heterocycles. The van der Waals surface area contributed by atoms with Crippen molar-refractivity contribution in [3.05, 3.63) is 12.4 Å². The summed E-state index contributed by atoms with van der Waals surface area (Å²) >= 11 is 0. The predicted molar refractivity (Wildman–Crippen MR) is 55.2 cm³/mol. The van der Waals surface area contributed by atoms with Crippen molar-refractivity contribution in [3.63, 3.8) is 0 Å². The zero-order chi connectivity index (χ0) is 11.8. The van der Waals surface area contributed by atoms with E-state index in [2.05, 4.69) is 15.6 Å². The van der Waals surface area contributed by atoms with Gasteiger partial charge in [-0.25, -0.2) is 4.79 Å². The second kappa shape index (κ2) is 6.51. The largest absolute Gasteiger partial charge is 0.351 e. The molecule has 0 aliphatic heterocycles. The molecule has 0 spiro atoms. The molecule has 0 saturated carbocycles. The minimum atomic E-state index is -0.839. The standard InChI is InChI=1S/C8H14N6O2/c9-8(16)12-7(15)6-10-2-1-4-14-5-3-11-13-14/h3,5,10H,1-2,4,6H2,(H3,9,12,15,16). The Morgan fingerprint density at radius 2 is 2.25 bits per heavy atom. The van der Waals surface area contributed by atoms with Crippen LogP contribution in [0.2, 0.25) is 0 Å². The molecule has 8 nitrogen and oxygen atoms in total. The van der Waals surface area contributed by atoms with Gasteiger partial charge in [0.05, 0.1) is 12.7 Å². The maximum absolute atomic E-state index is 10.9. The molecule has 1 aromatic rings. The molecule has 1 heterocycles. The van der Waals surface area contributed by atoms with Crippen molar-refractivity contribution in [2.75, 3.05) is 13.1 Å². The van der Waals surface area contributed by atoms with Crippen LogP contribution in [0.4, 0.5) is 4.79 Å². The third-order valence-corrected chi connectivity index (χ3v) is 1.76. The van der Waals surface area contributed by atoms with Gasteiger partial charge in [0.2, 0.25) is 5.91 Å². The number of aromatic nitrogens is 3. The smallest absolute Gasteiger partial charge is 0.318 e. The fourth-order valence-electron chi connectivity index (χ4n) is 1.10. The van der Waals surface area contributed by atoms with E-state index < -0.39 is 11.9 Å². The molecule has 8 heteroatoms. The van der Waals surface area contributed by atoms with Crippen molar-refractivity contribution in [3.8, 4) is 0 Å². The van der Waals surface area contributed by atoms with Gasteiger partial charge in [0.1, 0.15) is 0 Å². The molecule has 16 heavy (non-hydrogen) atoms. The first kappa shape index (κ1) is 12.1. The molecule has 0 saturated heterocycles. The molecule has 0 fully saturated rings. The molecule has 4 N–H and O–H groups in total. The van der Waals surface area contributed by atoms with Crippen LogP contribution in [-0.2, 0) is 11.3 Å². The van der Waals surface area contributed by atoms with E-state index in [0.717, 1.165) is 13.0 Å². The number of carbonyl (C=O) groups excluding carboxylic acids is 2. The Kier molecular flexibility index (Phi) is 4.93. The third-order valence-electron chi connectivity index (χ3n) is 1.76. The van der Waals surface area contributed by atoms with Crippen LogP contribution < -0.4 is 16.4 Å². The Bertz CT molecular complexity index is 336. The average molecular weight is 226 g/mol. The zero-order valence-electron chi connectivity index (χ0n) is 8.72. The number of nitrogens with one attached hydrogen (secondary N) is 2. The first-order valence-electron chi connectivity index (χ1n) is 4.82. The van der Waals surface area contributed by atoms with Gasteiger partial charge in [-0.1, -0.05) is 5.21 Å². The van der Waals surface area contributed by atoms with E-state index in [9.17, 15) is 9.59 Å². The second-order valence-electron chi connectivity index (χ2n) is 3.11. The Labute approximate surface area is 92.2 Å². The number of urea groups is 1. The molecule has 0 bridgehead atoms. The molecule has 3 amide bonds. The first-order valence-corrected chi connectivity index (χ1v) is 4.82. The lowest BCUT2D eigenvalue weighted by Crippen LogP contribution is -2.40. The van der Waals surface area contributed by atoms with E-state index in [1.54, 1.807) is 17.1 Å². The van der Waals surface area contributed by atoms with Gasteiger partial charge < -0.3 is 11.1 Å². The number of hydrogen-bond donors (Lipinski definition) is 3. The van der Waals surface area contributed by atoms with E-state index in [1.807, 2.05) is 5.32 Å². The van der Waals surface area contributed by atoms with E-state index in [0.29, 0.717) is 6.54 Å². The highest BCUT2D eigenvalue weighted by Crippen LogP contribution is 1.85. The molecular formula is C8H14N6O2. The Morgan fingerprint density at radius 1 is 1.44 bits per heavy atom. The van der Waals surface area contributed by atoms with Gasteiger partial charge in [0.25, 0.3) is 0 Å². The van der Waals surface area contributed by atoms with Crippen molar-refractivity contribution in [1.82, 2.24) is 25.6 Å². The summed E-state index contributed by atoms with van der Waals surface area (Å²) in [5.74, 6) is -0.437. The van der Waals surface area contributed by atoms with Gasteiger partial charge in [-0.2, -0.15) is 0 Å². The SMILES string of the molecule is NC(=O)NC(=O)CNCCCn1ccnn1. The maximum Gasteiger partial charge on any atom is 0.318 e. The number of nitrogens with zero attached hydrogens (tertiary/aromatic N) is 3. The monoisotopic (exact) mass is 226 g/mol. The van der Waals surface area contributed by atoms with Crippen LogP contribution >= 0.6 is 0 Å². The summed E-state index contributed by atoms with van der Waals surface area (Å²) in [6.07, 6.45) is 4.18. The highest BCUT2D eigenvalue weighted by atomic mass is 16.2. The number of amides is 3. The lowest BCUT2D eigenvalue weighted by Gasteiger charge is -2.03. The van der Waals surface area contributed by atoms with E-state index in [1.165, 1.54) is 0 Å². The summed E-state index contributed by atoms with van der Waals surface area (Å²) < 4.78 is 1.70. The van der Waals surface area contributed by atoms with E-state index in [4.69, 9.17) is 5.73 Å². The van der Waals surface area contributed by atoms with Gasteiger partial charge in [-0.3, -0.25) is 14.8 Å². The maximum atomic E-state index is 10.9. The van der Waals surface area contributed by atoms with Crippen LogP contribution in [0.15, 0.2) is 12.4 Å². The van der Waals surface area contributed by atoms with Crippen LogP contribution in [0.1, 0.15) is 6.42 Å². The lowest BCUT2D eigenvalue weighted by atomic mass is 10.4. The molecule has 0 unspecified atom stereocenters. The summed E-state index contributed by atoms with van der Waals surface area (Å²) in [5, 5.41) is 12.3. The summed E-state index contributed by atoms with van der Waals surface area (Å²) in [7, 11) is 0. The Morgan fingerprint density at radius 3 is 2.88 bits per heavy atom. The minimum Gasteiger partial charge on any atom is -0.351 e. The number of imide groups is 1. The number of nitrogens with two attached hydrogens (primary N) is 1. The molecule has 0 aliphatic carbocycles.